The second kappa shape index (κ2) is 10.1. The first-order valence-electron chi connectivity index (χ1n) is 8.28. The lowest BCUT2D eigenvalue weighted by atomic mass is 10.00. The second-order valence-electron chi connectivity index (χ2n) is 5.82. The Labute approximate surface area is 135 Å². The van der Waals surface area contributed by atoms with E-state index in [0.717, 1.165) is 42.2 Å². The SMILES string of the molecule is CCCCC(CC)COc1cccc(Cl)c1CC(N)CC. The van der Waals surface area contributed by atoms with Crippen LogP contribution in [0, 0.1) is 5.92 Å². The van der Waals surface area contributed by atoms with Crippen molar-refractivity contribution in [1.29, 1.82) is 0 Å². The summed E-state index contributed by atoms with van der Waals surface area (Å²) in [6.07, 6.45) is 6.62. The van der Waals surface area contributed by atoms with Gasteiger partial charge in [-0.3, -0.25) is 0 Å². The van der Waals surface area contributed by atoms with Crippen molar-refractivity contribution in [2.24, 2.45) is 11.7 Å². The Hall–Kier alpha value is -0.730. The van der Waals surface area contributed by atoms with Gasteiger partial charge in [0.2, 0.25) is 0 Å². The maximum atomic E-state index is 6.33. The first kappa shape index (κ1) is 18.3. The molecule has 0 spiro atoms. The van der Waals surface area contributed by atoms with E-state index >= 15 is 0 Å². The summed E-state index contributed by atoms with van der Waals surface area (Å²) in [5.74, 6) is 1.53. The van der Waals surface area contributed by atoms with Crippen molar-refractivity contribution in [3.05, 3.63) is 28.8 Å². The van der Waals surface area contributed by atoms with Gasteiger partial charge >= 0.3 is 0 Å². The molecule has 0 heterocycles. The van der Waals surface area contributed by atoms with Gasteiger partial charge < -0.3 is 10.5 Å². The monoisotopic (exact) mass is 311 g/mol. The number of unbranched alkanes of at least 4 members (excludes halogenated alkanes) is 1. The minimum absolute atomic E-state index is 0.134. The Morgan fingerprint density at radius 2 is 1.95 bits per heavy atom. The molecule has 0 aromatic heterocycles. The molecule has 0 fully saturated rings. The molecule has 2 N–H and O–H groups in total. The predicted octanol–water partition coefficient (Wildman–Crippen LogP) is 5.22. The van der Waals surface area contributed by atoms with Crippen LogP contribution < -0.4 is 10.5 Å². The van der Waals surface area contributed by atoms with E-state index in [1.807, 2.05) is 18.2 Å². The molecule has 1 aromatic rings. The number of hydrogen-bond acceptors (Lipinski definition) is 2. The van der Waals surface area contributed by atoms with Crippen molar-refractivity contribution in [2.75, 3.05) is 6.61 Å². The molecule has 0 saturated carbocycles. The van der Waals surface area contributed by atoms with E-state index in [-0.39, 0.29) is 6.04 Å². The summed E-state index contributed by atoms with van der Waals surface area (Å²) in [5.41, 5.74) is 7.13. The Bertz CT molecular complexity index is 408. The van der Waals surface area contributed by atoms with Crippen LogP contribution in [-0.4, -0.2) is 12.6 Å². The molecule has 3 heteroatoms. The molecule has 1 aromatic carbocycles. The van der Waals surface area contributed by atoms with Crippen LogP contribution >= 0.6 is 11.6 Å². The van der Waals surface area contributed by atoms with Gasteiger partial charge in [0.25, 0.3) is 0 Å². The maximum absolute atomic E-state index is 6.33. The fraction of sp³-hybridized carbons (Fsp3) is 0.667. The average molecular weight is 312 g/mol. The number of benzene rings is 1. The van der Waals surface area contributed by atoms with Gasteiger partial charge in [0, 0.05) is 16.6 Å². The lowest BCUT2D eigenvalue weighted by Crippen LogP contribution is -2.22. The molecule has 21 heavy (non-hydrogen) atoms. The smallest absolute Gasteiger partial charge is 0.124 e. The minimum atomic E-state index is 0.134. The van der Waals surface area contributed by atoms with Crippen LogP contribution in [0.3, 0.4) is 0 Å². The highest BCUT2D eigenvalue weighted by Gasteiger charge is 2.13. The van der Waals surface area contributed by atoms with E-state index in [4.69, 9.17) is 22.1 Å². The molecule has 0 aliphatic carbocycles. The van der Waals surface area contributed by atoms with Gasteiger partial charge in [-0.1, -0.05) is 57.7 Å². The van der Waals surface area contributed by atoms with Gasteiger partial charge in [0.15, 0.2) is 0 Å². The highest BCUT2D eigenvalue weighted by molar-refractivity contribution is 6.31. The van der Waals surface area contributed by atoms with Gasteiger partial charge in [0.05, 0.1) is 6.61 Å². The van der Waals surface area contributed by atoms with Crippen molar-refractivity contribution in [3.8, 4) is 5.75 Å². The molecule has 120 valence electrons. The van der Waals surface area contributed by atoms with Gasteiger partial charge in [-0.15, -0.1) is 0 Å². The molecule has 0 amide bonds. The maximum Gasteiger partial charge on any atom is 0.124 e. The Morgan fingerprint density at radius 3 is 2.57 bits per heavy atom. The summed E-state index contributed by atoms with van der Waals surface area (Å²) < 4.78 is 6.07. The zero-order valence-electron chi connectivity index (χ0n) is 13.7. The quantitative estimate of drug-likeness (QED) is 0.643. The van der Waals surface area contributed by atoms with Crippen LogP contribution in [0.1, 0.15) is 58.4 Å². The molecule has 2 atom stereocenters. The molecule has 0 aliphatic rings. The lowest BCUT2D eigenvalue weighted by molar-refractivity contribution is 0.231. The topological polar surface area (TPSA) is 35.2 Å². The Kier molecular flexibility index (Phi) is 8.79. The van der Waals surface area contributed by atoms with Crippen molar-refractivity contribution < 1.29 is 4.74 Å². The van der Waals surface area contributed by atoms with Gasteiger partial charge in [-0.05, 0) is 37.3 Å². The first-order chi connectivity index (χ1) is 10.1. The Balaban J connectivity index is 2.71. The molecule has 0 radical (unpaired) electrons. The second-order valence-corrected chi connectivity index (χ2v) is 6.22. The van der Waals surface area contributed by atoms with Gasteiger partial charge in [0.1, 0.15) is 5.75 Å². The van der Waals surface area contributed by atoms with Crippen LogP contribution in [0.25, 0.3) is 0 Å². The van der Waals surface area contributed by atoms with E-state index in [0.29, 0.717) is 5.92 Å². The normalized spacial score (nSPS) is 14.0. The van der Waals surface area contributed by atoms with E-state index in [9.17, 15) is 0 Å². The number of nitrogens with two attached hydrogens (primary N) is 1. The summed E-state index contributed by atoms with van der Waals surface area (Å²) in [4.78, 5) is 0. The zero-order chi connectivity index (χ0) is 15.7. The largest absolute Gasteiger partial charge is 0.493 e. The molecule has 0 bridgehead atoms. The minimum Gasteiger partial charge on any atom is -0.493 e. The number of ether oxygens (including phenoxy) is 1. The van der Waals surface area contributed by atoms with E-state index < -0.39 is 0 Å². The van der Waals surface area contributed by atoms with Crippen LogP contribution in [0.4, 0.5) is 0 Å². The fourth-order valence-corrected chi connectivity index (χ4v) is 2.63. The molecular weight excluding hydrogens is 282 g/mol. The molecule has 1 rings (SSSR count). The Morgan fingerprint density at radius 1 is 1.19 bits per heavy atom. The number of halogens is 1. The third-order valence-corrected chi connectivity index (χ3v) is 4.44. The molecule has 2 unspecified atom stereocenters. The fourth-order valence-electron chi connectivity index (χ4n) is 2.38. The summed E-state index contributed by atoms with van der Waals surface area (Å²) in [5, 5.41) is 0.762. The van der Waals surface area contributed by atoms with E-state index in [1.165, 1.54) is 19.3 Å². The molecule has 2 nitrogen and oxygen atoms in total. The highest BCUT2D eigenvalue weighted by Crippen LogP contribution is 2.29. The molecule has 0 aliphatic heterocycles. The molecule has 0 saturated heterocycles. The predicted molar refractivity (Wildman–Crippen MR) is 92.2 cm³/mol. The number of rotatable bonds is 10. The van der Waals surface area contributed by atoms with Crippen molar-refractivity contribution in [3.63, 3.8) is 0 Å². The third kappa shape index (κ3) is 6.27. The summed E-state index contributed by atoms with van der Waals surface area (Å²) in [6.45, 7) is 7.33. The molecular formula is C18H30ClNO. The van der Waals surface area contributed by atoms with Crippen LogP contribution in [-0.2, 0) is 6.42 Å². The summed E-state index contributed by atoms with van der Waals surface area (Å²) in [6, 6.07) is 6.01. The lowest BCUT2D eigenvalue weighted by Gasteiger charge is -2.19. The van der Waals surface area contributed by atoms with Crippen LogP contribution in [0.5, 0.6) is 5.75 Å². The standard InChI is InChI=1S/C18H30ClNO/c1-4-7-9-14(5-2)13-21-18-11-8-10-17(19)16(18)12-15(20)6-3/h8,10-11,14-15H,4-7,9,12-13,20H2,1-3H3. The van der Waals surface area contributed by atoms with Crippen LogP contribution in [0.2, 0.25) is 5.02 Å². The van der Waals surface area contributed by atoms with Crippen LogP contribution in [0.15, 0.2) is 18.2 Å². The highest BCUT2D eigenvalue weighted by atomic mass is 35.5. The van der Waals surface area contributed by atoms with Crippen molar-refractivity contribution >= 4 is 11.6 Å². The first-order valence-corrected chi connectivity index (χ1v) is 8.65. The summed E-state index contributed by atoms with van der Waals surface area (Å²) >= 11 is 6.33. The van der Waals surface area contributed by atoms with Gasteiger partial charge in [-0.25, -0.2) is 0 Å². The van der Waals surface area contributed by atoms with Crippen molar-refractivity contribution in [1.82, 2.24) is 0 Å². The van der Waals surface area contributed by atoms with Crippen molar-refractivity contribution in [2.45, 2.75) is 65.3 Å². The summed E-state index contributed by atoms with van der Waals surface area (Å²) in [7, 11) is 0. The number of hydrogen-bond donors (Lipinski definition) is 1. The van der Waals surface area contributed by atoms with E-state index in [1.54, 1.807) is 0 Å². The third-order valence-electron chi connectivity index (χ3n) is 4.08. The van der Waals surface area contributed by atoms with Gasteiger partial charge in [-0.2, -0.15) is 0 Å². The van der Waals surface area contributed by atoms with E-state index in [2.05, 4.69) is 20.8 Å². The zero-order valence-corrected chi connectivity index (χ0v) is 14.5. The average Bonchev–Trinajstić information content (AvgIpc) is 2.50.